The summed E-state index contributed by atoms with van der Waals surface area (Å²) in [6, 6.07) is 18.0. The number of anilines is 1. The van der Waals surface area contributed by atoms with Crippen molar-refractivity contribution in [2.24, 2.45) is 0 Å². The molecule has 1 N–H and O–H groups in total. The molecule has 1 heterocycles. The molecular weight excluding hydrogens is 474 g/mol. The first-order chi connectivity index (χ1) is 16.9. The molecule has 35 heavy (non-hydrogen) atoms. The predicted molar refractivity (Wildman–Crippen MR) is 130 cm³/mol. The quantitative estimate of drug-likeness (QED) is 0.346. The van der Waals surface area contributed by atoms with Crippen molar-refractivity contribution >= 4 is 21.4 Å². The number of nitro groups is 1. The highest BCUT2D eigenvalue weighted by molar-refractivity contribution is 7.89. The molecule has 10 nitrogen and oxygen atoms in total. The number of ether oxygens (including phenoxy) is 3. The Balaban J connectivity index is 1.68. The van der Waals surface area contributed by atoms with E-state index < -0.39 is 14.9 Å². The Morgan fingerprint density at radius 2 is 1.74 bits per heavy atom. The summed E-state index contributed by atoms with van der Waals surface area (Å²) >= 11 is 0. The molecule has 0 amide bonds. The lowest BCUT2D eigenvalue weighted by Crippen LogP contribution is -2.40. The third-order valence-electron chi connectivity index (χ3n) is 5.47. The maximum absolute atomic E-state index is 13.2. The number of nitrogens with zero attached hydrogens (tertiary/aromatic N) is 2. The van der Waals surface area contributed by atoms with Crippen molar-refractivity contribution in [1.29, 1.82) is 0 Å². The van der Waals surface area contributed by atoms with Crippen molar-refractivity contribution in [3.05, 3.63) is 82.4 Å². The highest BCUT2D eigenvalue weighted by Gasteiger charge is 2.27. The van der Waals surface area contributed by atoms with Crippen molar-refractivity contribution in [2.45, 2.75) is 11.4 Å². The molecule has 0 bridgehead atoms. The van der Waals surface area contributed by atoms with Crippen LogP contribution in [0.1, 0.15) is 5.56 Å². The topological polar surface area (TPSA) is 120 Å². The number of sulfonamides is 1. The fourth-order valence-electron chi connectivity index (χ4n) is 3.66. The van der Waals surface area contributed by atoms with Gasteiger partial charge in [-0.3, -0.25) is 10.1 Å². The average molecular weight is 500 g/mol. The first-order valence-corrected chi connectivity index (χ1v) is 12.3. The van der Waals surface area contributed by atoms with Crippen LogP contribution in [0.4, 0.5) is 11.4 Å². The molecule has 0 atom stereocenters. The van der Waals surface area contributed by atoms with Gasteiger partial charge in [0.15, 0.2) is 5.75 Å². The number of rotatable bonds is 9. The molecular formula is C24H25N3O7S. The van der Waals surface area contributed by atoms with E-state index in [9.17, 15) is 18.5 Å². The number of non-ortho nitro benzene ring substituents is 1. The van der Waals surface area contributed by atoms with Crippen molar-refractivity contribution in [1.82, 2.24) is 4.31 Å². The summed E-state index contributed by atoms with van der Waals surface area (Å²) in [5.41, 5.74) is 0.873. The molecule has 4 rings (SSSR count). The van der Waals surface area contributed by atoms with Crippen LogP contribution >= 0.6 is 0 Å². The van der Waals surface area contributed by atoms with E-state index in [1.54, 1.807) is 18.2 Å². The second-order valence-corrected chi connectivity index (χ2v) is 9.63. The number of nitrogens with one attached hydrogen (secondary N) is 1. The van der Waals surface area contributed by atoms with Crippen LogP contribution in [0.5, 0.6) is 17.2 Å². The number of hydrogen-bond acceptors (Lipinski definition) is 8. The van der Waals surface area contributed by atoms with Gasteiger partial charge >= 0.3 is 0 Å². The zero-order valence-corrected chi connectivity index (χ0v) is 19.9. The van der Waals surface area contributed by atoms with Crippen molar-refractivity contribution in [3.8, 4) is 17.2 Å². The largest absolute Gasteiger partial charge is 0.496 e. The van der Waals surface area contributed by atoms with Gasteiger partial charge in [-0.05, 0) is 36.4 Å². The van der Waals surface area contributed by atoms with Gasteiger partial charge in [-0.1, -0.05) is 18.2 Å². The molecule has 1 aliphatic heterocycles. The van der Waals surface area contributed by atoms with Crippen LogP contribution in [0, 0.1) is 10.1 Å². The Bertz CT molecular complexity index is 1290. The van der Waals surface area contributed by atoms with E-state index >= 15 is 0 Å². The van der Waals surface area contributed by atoms with Gasteiger partial charge in [-0.2, -0.15) is 4.31 Å². The van der Waals surface area contributed by atoms with Crippen molar-refractivity contribution in [3.63, 3.8) is 0 Å². The molecule has 1 aliphatic rings. The minimum absolute atomic E-state index is 0.0768. The number of benzene rings is 3. The van der Waals surface area contributed by atoms with Crippen LogP contribution < -0.4 is 14.8 Å². The van der Waals surface area contributed by atoms with Gasteiger partial charge in [0.1, 0.15) is 11.5 Å². The van der Waals surface area contributed by atoms with E-state index in [4.69, 9.17) is 14.2 Å². The normalized spacial score (nSPS) is 14.3. The Labute approximate surface area is 203 Å². The maximum Gasteiger partial charge on any atom is 0.270 e. The molecule has 0 unspecified atom stereocenters. The van der Waals surface area contributed by atoms with Gasteiger partial charge in [0.2, 0.25) is 10.0 Å². The Morgan fingerprint density at radius 3 is 2.43 bits per heavy atom. The lowest BCUT2D eigenvalue weighted by molar-refractivity contribution is -0.384. The Kier molecular flexibility index (Phi) is 7.49. The van der Waals surface area contributed by atoms with Gasteiger partial charge < -0.3 is 19.5 Å². The smallest absolute Gasteiger partial charge is 0.270 e. The monoisotopic (exact) mass is 499 g/mol. The summed E-state index contributed by atoms with van der Waals surface area (Å²) in [4.78, 5) is 10.9. The van der Waals surface area contributed by atoms with Crippen LogP contribution in [0.15, 0.2) is 71.6 Å². The summed E-state index contributed by atoms with van der Waals surface area (Å²) in [5, 5.41) is 14.4. The lowest BCUT2D eigenvalue weighted by atomic mass is 10.1. The third kappa shape index (κ3) is 5.70. The predicted octanol–water partition coefficient (Wildman–Crippen LogP) is 4.03. The zero-order valence-electron chi connectivity index (χ0n) is 19.0. The Hall–Kier alpha value is -3.67. The number of nitro benzene ring substituents is 1. The number of morpholine rings is 1. The molecule has 11 heteroatoms. The lowest BCUT2D eigenvalue weighted by Gasteiger charge is -2.26. The van der Waals surface area contributed by atoms with Crippen LogP contribution in [0.3, 0.4) is 0 Å². The molecule has 0 saturated carbocycles. The van der Waals surface area contributed by atoms with Gasteiger partial charge in [-0.15, -0.1) is 0 Å². The molecule has 3 aromatic rings. The zero-order chi connectivity index (χ0) is 24.8. The number of para-hydroxylation sites is 1. The van der Waals surface area contributed by atoms with Crippen LogP contribution in [0.25, 0.3) is 0 Å². The van der Waals surface area contributed by atoms with Gasteiger partial charge in [0.05, 0.1) is 35.8 Å². The van der Waals surface area contributed by atoms with Gasteiger partial charge in [-0.25, -0.2) is 8.42 Å². The highest BCUT2D eigenvalue weighted by Crippen LogP contribution is 2.34. The molecule has 0 aromatic heterocycles. The maximum atomic E-state index is 13.2. The first-order valence-electron chi connectivity index (χ1n) is 10.9. The summed E-state index contributed by atoms with van der Waals surface area (Å²) in [6.45, 7) is 1.37. The molecule has 184 valence electrons. The van der Waals surface area contributed by atoms with E-state index in [0.29, 0.717) is 41.7 Å². The highest BCUT2D eigenvalue weighted by atomic mass is 32.2. The first kappa shape index (κ1) is 24.5. The molecule has 0 spiro atoms. The number of hydrogen-bond donors (Lipinski definition) is 1. The van der Waals surface area contributed by atoms with E-state index in [0.717, 1.165) is 0 Å². The fourth-order valence-corrected chi connectivity index (χ4v) is 5.09. The SMILES string of the molecule is COc1ccc([N+](=O)[O-])cc1CNc1cc(S(=O)(=O)N2CCOCC2)ccc1Oc1ccccc1. The summed E-state index contributed by atoms with van der Waals surface area (Å²) in [7, 11) is -2.27. The minimum Gasteiger partial charge on any atom is -0.496 e. The second kappa shape index (κ2) is 10.7. The number of methoxy groups -OCH3 is 1. The molecule has 1 fully saturated rings. The van der Waals surface area contributed by atoms with E-state index in [-0.39, 0.29) is 30.2 Å². The van der Waals surface area contributed by atoms with Crippen LogP contribution in [-0.4, -0.2) is 51.1 Å². The molecule has 3 aromatic carbocycles. The average Bonchev–Trinajstić information content (AvgIpc) is 2.89. The Morgan fingerprint density at radius 1 is 1.03 bits per heavy atom. The molecule has 1 saturated heterocycles. The third-order valence-corrected chi connectivity index (χ3v) is 7.37. The van der Waals surface area contributed by atoms with E-state index in [2.05, 4.69) is 5.32 Å². The minimum atomic E-state index is -3.74. The summed E-state index contributed by atoms with van der Waals surface area (Å²) in [6.07, 6.45) is 0. The standard InChI is InChI=1S/C24H25N3O7S/c1-32-23-9-7-19(27(28)29)15-18(23)17-25-22-16-21(35(30,31)26-11-13-33-14-12-26)8-10-24(22)34-20-5-3-2-4-6-20/h2-10,15-16,25H,11-14,17H2,1H3. The van der Waals surface area contributed by atoms with Crippen LogP contribution in [-0.2, 0) is 21.3 Å². The summed E-state index contributed by atoms with van der Waals surface area (Å²) < 4.78 is 44.4. The van der Waals surface area contributed by atoms with Gasteiger partial charge in [0.25, 0.3) is 5.69 Å². The van der Waals surface area contributed by atoms with Gasteiger partial charge in [0, 0.05) is 37.3 Å². The van der Waals surface area contributed by atoms with Crippen molar-refractivity contribution in [2.75, 3.05) is 38.7 Å². The molecule has 0 aliphatic carbocycles. The fraction of sp³-hybridized carbons (Fsp3) is 0.250. The summed E-state index contributed by atoms with van der Waals surface area (Å²) in [5.74, 6) is 1.44. The van der Waals surface area contributed by atoms with E-state index in [1.807, 2.05) is 18.2 Å². The molecule has 0 radical (unpaired) electrons. The van der Waals surface area contributed by atoms with E-state index in [1.165, 1.54) is 41.7 Å². The second-order valence-electron chi connectivity index (χ2n) is 7.70. The van der Waals surface area contributed by atoms with Crippen molar-refractivity contribution < 1.29 is 27.6 Å². The van der Waals surface area contributed by atoms with Crippen LogP contribution in [0.2, 0.25) is 0 Å².